The van der Waals surface area contributed by atoms with E-state index in [-0.39, 0.29) is 29.6 Å². The molecule has 0 aliphatic carbocycles. The number of hydrogen-bond acceptors (Lipinski definition) is 5. The second-order valence-corrected chi connectivity index (χ2v) is 7.73. The van der Waals surface area contributed by atoms with Crippen LogP contribution in [-0.4, -0.2) is 26.4 Å². The van der Waals surface area contributed by atoms with E-state index in [1.54, 1.807) is 0 Å². The summed E-state index contributed by atoms with van der Waals surface area (Å²) in [7, 11) is -3.94. The molecule has 1 aliphatic heterocycles. The maximum Gasteiger partial charge on any atom is 0.269 e. The lowest BCUT2D eigenvalue weighted by Crippen LogP contribution is -2.42. The first-order valence-corrected chi connectivity index (χ1v) is 9.02. The van der Waals surface area contributed by atoms with Crippen molar-refractivity contribution in [1.82, 2.24) is 0 Å². The SMILES string of the molecule is NCC1Cc2cc(F)ccc2N(S(=O)(=O)c2ccc([N+](=O)[O-])cc2)C1. The third kappa shape index (κ3) is 3.20. The van der Waals surface area contributed by atoms with Crippen molar-refractivity contribution in [3.8, 4) is 0 Å². The lowest BCUT2D eigenvalue weighted by atomic mass is 9.94. The Kier molecular flexibility index (Phi) is 4.44. The van der Waals surface area contributed by atoms with Crippen LogP contribution in [0.15, 0.2) is 47.4 Å². The van der Waals surface area contributed by atoms with Crippen LogP contribution in [0.2, 0.25) is 0 Å². The highest BCUT2D eigenvalue weighted by Gasteiger charge is 2.33. The zero-order valence-corrected chi connectivity index (χ0v) is 13.9. The third-order valence-corrected chi connectivity index (χ3v) is 6.01. The molecule has 7 nitrogen and oxygen atoms in total. The number of hydrogen-bond donors (Lipinski definition) is 1. The van der Waals surface area contributed by atoms with Crippen LogP contribution in [0, 0.1) is 21.8 Å². The highest BCUT2D eigenvalue weighted by molar-refractivity contribution is 7.92. The number of nitrogens with zero attached hydrogens (tertiary/aromatic N) is 2. The fourth-order valence-electron chi connectivity index (χ4n) is 2.92. The van der Waals surface area contributed by atoms with Crippen molar-refractivity contribution < 1.29 is 17.7 Å². The molecule has 0 spiro atoms. The van der Waals surface area contributed by atoms with E-state index < -0.39 is 20.8 Å². The summed E-state index contributed by atoms with van der Waals surface area (Å²) < 4.78 is 40.7. The van der Waals surface area contributed by atoms with E-state index in [1.165, 1.54) is 34.6 Å². The highest BCUT2D eigenvalue weighted by Crippen LogP contribution is 2.34. The van der Waals surface area contributed by atoms with Gasteiger partial charge in [-0.1, -0.05) is 0 Å². The van der Waals surface area contributed by atoms with Gasteiger partial charge in [-0.25, -0.2) is 12.8 Å². The lowest BCUT2D eigenvalue weighted by molar-refractivity contribution is -0.384. The van der Waals surface area contributed by atoms with Gasteiger partial charge in [0.25, 0.3) is 15.7 Å². The van der Waals surface area contributed by atoms with Crippen molar-refractivity contribution in [2.45, 2.75) is 11.3 Å². The van der Waals surface area contributed by atoms with Crippen molar-refractivity contribution >= 4 is 21.4 Å². The summed E-state index contributed by atoms with van der Waals surface area (Å²) >= 11 is 0. The number of rotatable bonds is 4. The molecule has 0 bridgehead atoms. The summed E-state index contributed by atoms with van der Waals surface area (Å²) in [6.45, 7) is 0.441. The molecule has 0 saturated carbocycles. The van der Waals surface area contributed by atoms with Crippen molar-refractivity contribution in [3.05, 3.63) is 64.0 Å². The van der Waals surface area contributed by atoms with Crippen LogP contribution in [0.4, 0.5) is 15.8 Å². The standard InChI is InChI=1S/C16H16FN3O4S/c17-13-1-6-16-12(8-13)7-11(9-18)10-19(16)25(23,24)15-4-2-14(3-5-15)20(21)22/h1-6,8,11H,7,9-10,18H2. The van der Waals surface area contributed by atoms with Gasteiger partial charge in [-0.3, -0.25) is 14.4 Å². The Morgan fingerprint density at radius 1 is 1.24 bits per heavy atom. The second kappa shape index (κ2) is 6.41. The number of nitro benzene ring substituents is 1. The van der Waals surface area contributed by atoms with Crippen molar-refractivity contribution in [3.63, 3.8) is 0 Å². The molecule has 1 aliphatic rings. The van der Waals surface area contributed by atoms with Gasteiger partial charge < -0.3 is 5.73 Å². The minimum atomic E-state index is -3.94. The molecule has 0 aromatic heterocycles. The predicted octanol–water partition coefficient (Wildman–Crippen LogP) is 2.06. The number of nitrogens with two attached hydrogens (primary N) is 1. The quantitative estimate of drug-likeness (QED) is 0.659. The van der Waals surface area contributed by atoms with Gasteiger partial charge in [0, 0.05) is 18.7 Å². The molecular weight excluding hydrogens is 349 g/mol. The van der Waals surface area contributed by atoms with Crippen LogP contribution in [0.3, 0.4) is 0 Å². The average Bonchev–Trinajstić information content (AvgIpc) is 2.60. The minimum absolute atomic E-state index is 0.0638. The highest BCUT2D eigenvalue weighted by atomic mass is 32.2. The smallest absolute Gasteiger partial charge is 0.269 e. The Labute approximate surface area is 144 Å². The predicted molar refractivity (Wildman–Crippen MR) is 90.3 cm³/mol. The van der Waals surface area contributed by atoms with Crippen LogP contribution in [-0.2, 0) is 16.4 Å². The molecule has 132 valence electrons. The molecule has 2 N–H and O–H groups in total. The van der Waals surface area contributed by atoms with Crippen molar-refractivity contribution in [2.75, 3.05) is 17.4 Å². The summed E-state index contributed by atoms with van der Waals surface area (Å²) in [5.41, 5.74) is 6.49. The van der Waals surface area contributed by atoms with Gasteiger partial charge >= 0.3 is 0 Å². The summed E-state index contributed by atoms with van der Waals surface area (Å²) in [6, 6.07) is 8.63. The van der Waals surface area contributed by atoms with Crippen LogP contribution in [0.1, 0.15) is 5.56 Å². The van der Waals surface area contributed by atoms with Gasteiger partial charge in [-0.15, -0.1) is 0 Å². The third-order valence-electron chi connectivity index (χ3n) is 4.21. The van der Waals surface area contributed by atoms with E-state index in [9.17, 15) is 22.9 Å². The molecule has 3 rings (SSSR count). The number of halogens is 1. The van der Waals surface area contributed by atoms with E-state index in [0.29, 0.717) is 17.7 Å². The Hall–Kier alpha value is -2.52. The van der Waals surface area contributed by atoms with Crippen LogP contribution in [0.25, 0.3) is 0 Å². The van der Waals surface area contributed by atoms with Gasteiger partial charge in [-0.05, 0) is 54.8 Å². The molecule has 1 atom stereocenters. The normalized spacial score (nSPS) is 17.2. The number of sulfonamides is 1. The molecule has 0 amide bonds. The van der Waals surface area contributed by atoms with E-state index >= 15 is 0 Å². The molecule has 0 radical (unpaired) electrons. The number of nitro groups is 1. The Morgan fingerprint density at radius 2 is 1.92 bits per heavy atom. The molecule has 1 heterocycles. The van der Waals surface area contributed by atoms with E-state index in [4.69, 9.17) is 5.73 Å². The topological polar surface area (TPSA) is 107 Å². The average molecular weight is 365 g/mol. The number of benzene rings is 2. The minimum Gasteiger partial charge on any atom is -0.330 e. The number of anilines is 1. The summed E-state index contributed by atoms with van der Waals surface area (Å²) in [6.07, 6.45) is 0.496. The van der Waals surface area contributed by atoms with Gasteiger partial charge in [0.2, 0.25) is 0 Å². The maximum atomic E-state index is 13.5. The fraction of sp³-hybridized carbons (Fsp3) is 0.250. The monoisotopic (exact) mass is 365 g/mol. The fourth-order valence-corrected chi connectivity index (χ4v) is 4.50. The van der Waals surface area contributed by atoms with Crippen LogP contribution >= 0.6 is 0 Å². The molecule has 0 fully saturated rings. The molecule has 25 heavy (non-hydrogen) atoms. The van der Waals surface area contributed by atoms with Gasteiger partial charge in [0.15, 0.2) is 0 Å². The molecule has 9 heteroatoms. The lowest BCUT2D eigenvalue weighted by Gasteiger charge is -2.34. The zero-order valence-electron chi connectivity index (χ0n) is 13.1. The number of non-ortho nitro benzene ring substituents is 1. The van der Waals surface area contributed by atoms with Crippen LogP contribution < -0.4 is 10.0 Å². The molecule has 2 aromatic rings. The first-order valence-electron chi connectivity index (χ1n) is 7.58. The van der Waals surface area contributed by atoms with Crippen LogP contribution in [0.5, 0.6) is 0 Å². The zero-order chi connectivity index (χ0) is 18.2. The van der Waals surface area contributed by atoms with Gasteiger partial charge in [-0.2, -0.15) is 0 Å². The first-order chi connectivity index (χ1) is 11.8. The first kappa shape index (κ1) is 17.3. The summed E-state index contributed by atoms with van der Waals surface area (Å²) in [5, 5.41) is 10.7. The Balaban J connectivity index is 2.05. The molecule has 0 saturated heterocycles. The molecule has 1 unspecified atom stereocenters. The summed E-state index contributed by atoms with van der Waals surface area (Å²) in [4.78, 5) is 10.1. The molecule has 2 aromatic carbocycles. The van der Waals surface area contributed by atoms with Crippen molar-refractivity contribution in [1.29, 1.82) is 0 Å². The summed E-state index contributed by atoms with van der Waals surface area (Å²) in [5.74, 6) is -0.578. The number of fused-ring (bicyclic) bond motifs is 1. The molecular formula is C16H16FN3O4S. The van der Waals surface area contributed by atoms with Gasteiger partial charge in [0.1, 0.15) is 5.82 Å². The van der Waals surface area contributed by atoms with Gasteiger partial charge in [0.05, 0.1) is 15.5 Å². The Morgan fingerprint density at radius 3 is 2.52 bits per heavy atom. The second-order valence-electron chi connectivity index (χ2n) is 5.87. The Bertz CT molecular complexity index is 915. The van der Waals surface area contributed by atoms with E-state index in [0.717, 1.165) is 12.1 Å². The largest absolute Gasteiger partial charge is 0.330 e. The maximum absolute atomic E-state index is 13.5. The van der Waals surface area contributed by atoms with Crippen molar-refractivity contribution in [2.24, 2.45) is 11.7 Å². The van der Waals surface area contributed by atoms with E-state index in [2.05, 4.69) is 0 Å². The van der Waals surface area contributed by atoms with E-state index in [1.807, 2.05) is 0 Å².